The fourth-order valence-electron chi connectivity index (χ4n) is 14.1. The van der Waals surface area contributed by atoms with Crippen LogP contribution in [0.1, 0.15) is 25.0 Å². The molecule has 17 aromatic rings. The van der Waals surface area contributed by atoms with Gasteiger partial charge >= 0.3 is 0 Å². The fourth-order valence-corrected chi connectivity index (χ4v) is 15.4. The molecule has 1 aliphatic carbocycles. The Balaban J connectivity index is 0.679. The summed E-state index contributed by atoms with van der Waals surface area (Å²) in [6, 6.07) is 101. The number of hydrogen-bond donors (Lipinski definition) is 0. The first-order valence-electron chi connectivity index (χ1n) is 30.0. The Morgan fingerprint density at radius 2 is 0.875 bits per heavy atom. The molecule has 412 valence electrons. The van der Waals surface area contributed by atoms with E-state index in [1.807, 2.05) is 29.5 Å². The van der Waals surface area contributed by atoms with Gasteiger partial charge in [0.2, 0.25) is 0 Å². The minimum absolute atomic E-state index is 0.118. The van der Waals surface area contributed by atoms with E-state index in [0.717, 1.165) is 83.5 Å². The summed E-state index contributed by atoms with van der Waals surface area (Å²) >= 11 is 1.87. The number of rotatable bonds is 8. The third-order valence-electron chi connectivity index (χ3n) is 18.4. The van der Waals surface area contributed by atoms with Crippen LogP contribution in [0.15, 0.2) is 279 Å². The Kier molecular flexibility index (Phi) is 11.1. The first-order chi connectivity index (χ1) is 43.4. The molecular weight excluding hydrogens is 1090 g/mol. The first-order valence-corrected chi connectivity index (χ1v) is 30.8. The van der Waals surface area contributed by atoms with Gasteiger partial charge in [-0.05, 0) is 141 Å². The van der Waals surface area contributed by atoms with Crippen molar-refractivity contribution in [3.8, 4) is 90.2 Å². The van der Waals surface area contributed by atoms with Gasteiger partial charge in [-0.15, -0.1) is 11.3 Å². The number of thiophene rings is 1. The Morgan fingerprint density at radius 3 is 1.65 bits per heavy atom. The Labute approximate surface area is 511 Å². The number of aromatic nitrogens is 6. The maximum absolute atomic E-state index is 5.39. The van der Waals surface area contributed by atoms with E-state index in [0.29, 0.717) is 17.5 Å². The van der Waals surface area contributed by atoms with Crippen molar-refractivity contribution < 1.29 is 0 Å². The van der Waals surface area contributed by atoms with E-state index >= 15 is 0 Å². The molecule has 7 heteroatoms. The molecule has 0 radical (unpaired) electrons. The van der Waals surface area contributed by atoms with E-state index < -0.39 is 0 Å². The van der Waals surface area contributed by atoms with Crippen molar-refractivity contribution in [1.82, 2.24) is 29.1 Å². The van der Waals surface area contributed by atoms with Crippen LogP contribution in [0.2, 0.25) is 0 Å². The molecule has 0 aliphatic heterocycles. The zero-order valence-electron chi connectivity index (χ0n) is 48.1. The van der Waals surface area contributed by atoms with Gasteiger partial charge < -0.3 is 4.57 Å². The van der Waals surface area contributed by atoms with Gasteiger partial charge in [-0.25, -0.2) is 19.9 Å². The van der Waals surface area contributed by atoms with E-state index in [1.165, 1.54) is 75.0 Å². The van der Waals surface area contributed by atoms with E-state index in [-0.39, 0.29) is 5.41 Å². The molecular formula is C81H52N6S. The molecule has 5 heterocycles. The molecule has 0 saturated carbocycles. The third-order valence-corrected chi connectivity index (χ3v) is 19.6. The summed E-state index contributed by atoms with van der Waals surface area (Å²) in [6.45, 7) is 4.70. The monoisotopic (exact) mass is 1140 g/mol. The molecule has 18 rings (SSSR count). The predicted molar refractivity (Wildman–Crippen MR) is 367 cm³/mol. The average Bonchev–Trinajstić information content (AvgIpc) is 1.62. The first kappa shape index (κ1) is 50.2. The lowest BCUT2D eigenvalue weighted by Gasteiger charge is -2.21. The van der Waals surface area contributed by atoms with Crippen molar-refractivity contribution in [3.63, 3.8) is 0 Å². The van der Waals surface area contributed by atoms with Gasteiger partial charge in [0.15, 0.2) is 17.5 Å². The summed E-state index contributed by atoms with van der Waals surface area (Å²) in [5, 5.41) is 8.70. The van der Waals surface area contributed by atoms with Crippen LogP contribution in [0, 0.1) is 0 Å². The molecule has 1 aliphatic rings. The number of fused-ring (bicyclic) bond motifs is 14. The van der Waals surface area contributed by atoms with Crippen molar-refractivity contribution in [3.05, 3.63) is 290 Å². The summed E-state index contributed by atoms with van der Waals surface area (Å²) in [5.74, 6) is 2.74. The normalized spacial score (nSPS) is 12.8. The van der Waals surface area contributed by atoms with Gasteiger partial charge in [0, 0.05) is 74.9 Å². The second-order valence-electron chi connectivity index (χ2n) is 23.7. The third kappa shape index (κ3) is 7.80. The largest absolute Gasteiger partial charge is 0.309 e. The summed E-state index contributed by atoms with van der Waals surface area (Å²) in [5.41, 5.74) is 21.4. The summed E-state index contributed by atoms with van der Waals surface area (Å²) in [6.07, 6.45) is 0. The van der Waals surface area contributed by atoms with Gasteiger partial charge in [0.05, 0.1) is 27.6 Å². The number of para-hydroxylation sites is 3. The van der Waals surface area contributed by atoms with Gasteiger partial charge in [-0.3, -0.25) is 4.57 Å². The number of benzene rings is 12. The standard InChI is InChI=1S/C81H52N6S/c1-81(2)67-29-11-6-24-58(67)65-46-66-60-26-8-13-31-70(60)86(73(66)48-68(65)81)57-40-38-52(39-41-57)79-83-78(51-18-4-3-5-19-51)84-80(85-79)56-23-17-22-55(45-56)54-21-16-20-53(44-54)49-34-36-50(37-35-49)64-47-75(82-69-30-12-7-25-59(64)69)87-71-32-14-9-28-63(71)76-72(87)43-42-62-61-27-10-15-33-74(61)88-77(62)76/h3-48H,1-2H3. The van der Waals surface area contributed by atoms with Crippen molar-refractivity contribution in [2.24, 2.45) is 0 Å². The van der Waals surface area contributed by atoms with Gasteiger partial charge in [-0.2, -0.15) is 0 Å². The molecule has 0 atom stereocenters. The minimum atomic E-state index is -0.118. The average molecular weight is 1140 g/mol. The SMILES string of the molecule is CC1(C)c2ccccc2-c2cc3c4ccccc4n(-c4ccc(-c5nc(-c6ccccc6)nc(-c6cccc(-c7cccc(-c8ccc(-c9cc(-n%10c%11ccccc%11c%11c%12sc%13ccccc%13c%12ccc%11%10)nc%10ccccc9%10)cc8)c7)c6)n5)cc4)c3cc21. The van der Waals surface area contributed by atoms with Crippen molar-refractivity contribution in [2.75, 3.05) is 0 Å². The molecule has 0 amide bonds. The molecule has 5 aromatic heterocycles. The summed E-state index contributed by atoms with van der Waals surface area (Å²) in [4.78, 5) is 21.0. The van der Waals surface area contributed by atoms with Crippen molar-refractivity contribution in [2.45, 2.75) is 19.3 Å². The maximum Gasteiger partial charge on any atom is 0.164 e. The molecule has 6 nitrogen and oxygen atoms in total. The van der Waals surface area contributed by atoms with Gasteiger partial charge in [0.1, 0.15) is 5.82 Å². The lowest BCUT2D eigenvalue weighted by atomic mass is 9.82. The Morgan fingerprint density at radius 1 is 0.307 bits per heavy atom. The molecule has 0 saturated heterocycles. The highest BCUT2D eigenvalue weighted by Gasteiger charge is 2.36. The smallest absolute Gasteiger partial charge is 0.164 e. The van der Waals surface area contributed by atoms with E-state index in [4.69, 9.17) is 19.9 Å². The van der Waals surface area contributed by atoms with Crippen LogP contribution in [-0.2, 0) is 5.41 Å². The predicted octanol–water partition coefficient (Wildman–Crippen LogP) is 21.3. The second-order valence-corrected chi connectivity index (χ2v) is 24.8. The molecule has 88 heavy (non-hydrogen) atoms. The quantitative estimate of drug-likeness (QED) is 0.152. The summed E-state index contributed by atoms with van der Waals surface area (Å²) < 4.78 is 7.38. The highest BCUT2D eigenvalue weighted by molar-refractivity contribution is 7.26. The zero-order chi connectivity index (χ0) is 58.2. The lowest BCUT2D eigenvalue weighted by Crippen LogP contribution is -2.14. The van der Waals surface area contributed by atoms with Crippen molar-refractivity contribution >= 4 is 86.0 Å². The highest BCUT2D eigenvalue weighted by Crippen LogP contribution is 2.51. The van der Waals surface area contributed by atoms with Crippen LogP contribution in [0.4, 0.5) is 0 Å². The molecule has 0 spiro atoms. The molecule has 0 unspecified atom stereocenters. The second kappa shape index (κ2) is 19.5. The van der Waals surface area contributed by atoms with Crippen molar-refractivity contribution in [1.29, 1.82) is 0 Å². The van der Waals surface area contributed by atoms with E-state index in [9.17, 15) is 0 Å². The van der Waals surface area contributed by atoms with Crippen LogP contribution in [0.5, 0.6) is 0 Å². The van der Waals surface area contributed by atoms with E-state index in [1.54, 1.807) is 0 Å². The minimum Gasteiger partial charge on any atom is -0.309 e. The maximum atomic E-state index is 5.39. The Bertz CT molecular complexity index is 5710. The number of pyridine rings is 1. The van der Waals surface area contributed by atoms with Crippen LogP contribution in [-0.4, -0.2) is 29.1 Å². The number of hydrogen-bond acceptors (Lipinski definition) is 5. The zero-order valence-corrected chi connectivity index (χ0v) is 49.0. The van der Waals surface area contributed by atoms with Gasteiger partial charge in [-0.1, -0.05) is 208 Å². The number of nitrogens with zero attached hydrogens (tertiary/aromatic N) is 6. The molecule has 0 fully saturated rings. The molecule has 0 N–H and O–H groups in total. The fraction of sp³-hybridized carbons (Fsp3) is 0.0370. The topological polar surface area (TPSA) is 61.4 Å². The van der Waals surface area contributed by atoms with Crippen LogP contribution in [0.3, 0.4) is 0 Å². The highest BCUT2D eigenvalue weighted by atomic mass is 32.1. The van der Waals surface area contributed by atoms with E-state index in [2.05, 4.69) is 284 Å². The van der Waals surface area contributed by atoms with Crippen LogP contribution >= 0.6 is 11.3 Å². The van der Waals surface area contributed by atoms with Crippen LogP contribution < -0.4 is 0 Å². The summed E-state index contributed by atoms with van der Waals surface area (Å²) in [7, 11) is 0. The molecule has 12 aromatic carbocycles. The molecule has 0 bridgehead atoms. The van der Waals surface area contributed by atoms with Crippen LogP contribution in [0.25, 0.3) is 165 Å². The Hall–Kier alpha value is -11.1. The van der Waals surface area contributed by atoms with Gasteiger partial charge in [0.25, 0.3) is 0 Å². The lowest BCUT2D eigenvalue weighted by molar-refractivity contribution is 0.661.